The van der Waals surface area contributed by atoms with Gasteiger partial charge in [-0.2, -0.15) is 0 Å². The Bertz CT molecular complexity index is 983. The number of thioether (sulfide) groups is 1. The van der Waals surface area contributed by atoms with Crippen LogP contribution in [0.15, 0.2) is 36.4 Å². The normalized spacial score (nSPS) is 19.7. The summed E-state index contributed by atoms with van der Waals surface area (Å²) in [6, 6.07) is 9.69. The molecule has 0 unspecified atom stereocenters. The maximum Gasteiger partial charge on any atom is 0.275 e. The van der Waals surface area contributed by atoms with Crippen LogP contribution in [0.5, 0.6) is 0 Å². The standard InChI is InChI=1S/C24H26Cl2N2O4S/c25-17-9-7-11-19(27(29)30)21(17)23(13-3-1-4-14-23)33-24(15-5-2-6-16-24)22-18(26)10-8-12-20(22)28(31)32/h7-12H,1-6,13-16H2. The molecule has 0 N–H and O–H groups in total. The fourth-order valence-corrected chi connectivity index (χ4v) is 8.84. The molecule has 0 aliphatic heterocycles. The molecule has 0 radical (unpaired) electrons. The van der Waals surface area contributed by atoms with E-state index in [4.69, 9.17) is 23.2 Å². The van der Waals surface area contributed by atoms with Crippen LogP contribution in [0.25, 0.3) is 0 Å². The minimum absolute atomic E-state index is 0.0246. The van der Waals surface area contributed by atoms with Crippen molar-refractivity contribution in [3.8, 4) is 0 Å². The monoisotopic (exact) mass is 508 g/mol. The van der Waals surface area contributed by atoms with Gasteiger partial charge >= 0.3 is 0 Å². The van der Waals surface area contributed by atoms with Gasteiger partial charge in [0.25, 0.3) is 11.4 Å². The predicted octanol–water partition coefficient (Wildman–Crippen LogP) is 8.56. The first-order chi connectivity index (χ1) is 15.8. The summed E-state index contributed by atoms with van der Waals surface area (Å²) in [5, 5.41) is 24.8. The molecule has 176 valence electrons. The van der Waals surface area contributed by atoms with Gasteiger partial charge in [-0.05, 0) is 37.8 Å². The van der Waals surface area contributed by atoms with Crippen LogP contribution in [0.2, 0.25) is 10.0 Å². The van der Waals surface area contributed by atoms with Crippen molar-refractivity contribution < 1.29 is 9.85 Å². The highest BCUT2D eigenvalue weighted by Crippen LogP contribution is 2.64. The van der Waals surface area contributed by atoms with Crippen LogP contribution in [0.3, 0.4) is 0 Å². The van der Waals surface area contributed by atoms with E-state index >= 15 is 0 Å². The lowest BCUT2D eigenvalue weighted by Crippen LogP contribution is -2.36. The molecule has 0 bridgehead atoms. The maximum atomic E-state index is 12.0. The first-order valence-corrected chi connectivity index (χ1v) is 12.9. The number of nitrogens with zero attached hydrogens (tertiary/aromatic N) is 2. The molecule has 2 aliphatic rings. The van der Waals surface area contributed by atoms with Gasteiger partial charge in [0.2, 0.25) is 0 Å². The van der Waals surface area contributed by atoms with Crippen molar-refractivity contribution in [2.24, 2.45) is 0 Å². The highest BCUT2D eigenvalue weighted by molar-refractivity contribution is 8.01. The largest absolute Gasteiger partial charge is 0.275 e. The molecule has 9 heteroatoms. The van der Waals surface area contributed by atoms with Crippen LogP contribution in [-0.2, 0) is 9.49 Å². The first-order valence-electron chi connectivity index (χ1n) is 11.4. The number of nitro benzene ring substituents is 2. The molecular weight excluding hydrogens is 483 g/mol. The second-order valence-corrected chi connectivity index (χ2v) is 11.6. The van der Waals surface area contributed by atoms with Crippen molar-refractivity contribution in [2.45, 2.75) is 73.7 Å². The lowest BCUT2D eigenvalue weighted by Gasteiger charge is -2.47. The average Bonchev–Trinajstić information content (AvgIpc) is 2.79. The van der Waals surface area contributed by atoms with E-state index in [9.17, 15) is 20.2 Å². The number of hydrogen-bond donors (Lipinski definition) is 0. The molecule has 2 aliphatic carbocycles. The molecule has 2 fully saturated rings. The van der Waals surface area contributed by atoms with E-state index in [2.05, 4.69) is 0 Å². The van der Waals surface area contributed by atoms with Crippen molar-refractivity contribution >= 4 is 46.3 Å². The molecule has 33 heavy (non-hydrogen) atoms. The van der Waals surface area contributed by atoms with Crippen LogP contribution in [0, 0.1) is 20.2 Å². The van der Waals surface area contributed by atoms with Gasteiger partial charge in [-0.1, -0.05) is 73.9 Å². The van der Waals surface area contributed by atoms with Crippen molar-refractivity contribution in [3.05, 3.63) is 77.8 Å². The third kappa shape index (κ3) is 4.60. The highest BCUT2D eigenvalue weighted by Gasteiger charge is 2.51. The van der Waals surface area contributed by atoms with Crippen molar-refractivity contribution in [1.29, 1.82) is 0 Å². The average molecular weight is 509 g/mol. The number of hydrogen-bond acceptors (Lipinski definition) is 5. The summed E-state index contributed by atoms with van der Waals surface area (Å²) < 4.78 is -1.22. The van der Waals surface area contributed by atoms with Crippen LogP contribution in [0.1, 0.15) is 75.3 Å². The Kier molecular flexibility index (Phi) is 7.22. The topological polar surface area (TPSA) is 86.3 Å². The fraction of sp³-hybridized carbons (Fsp3) is 0.500. The summed E-state index contributed by atoms with van der Waals surface area (Å²) >= 11 is 15.0. The Morgan fingerprint density at radius 2 is 1.03 bits per heavy atom. The van der Waals surface area contributed by atoms with E-state index in [1.807, 2.05) is 0 Å². The zero-order valence-electron chi connectivity index (χ0n) is 18.2. The van der Waals surface area contributed by atoms with Crippen molar-refractivity contribution in [1.82, 2.24) is 0 Å². The van der Waals surface area contributed by atoms with Gasteiger partial charge in [0.1, 0.15) is 0 Å². The Labute approximate surface area is 207 Å². The van der Waals surface area contributed by atoms with Crippen LogP contribution in [-0.4, -0.2) is 9.85 Å². The molecule has 0 spiro atoms. The van der Waals surface area contributed by atoms with Gasteiger partial charge in [0.15, 0.2) is 0 Å². The second kappa shape index (κ2) is 9.80. The summed E-state index contributed by atoms with van der Waals surface area (Å²) in [6.45, 7) is 0. The minimum atomic E-state index is -0.608. The van der Waals surface area contributed by atoms with Crippen molar-refractivity contribution in [2.75, 3.05) is 0 Å². The van der Waals surface area contributed by atoms with Gasteiger partial charge in [-0.15, -0.1) is 11.8 Å². The van der Waals surface area contributed by atoms with Gasteiger partial charge in [0.05, 0.1) is 31.0 Å². The predicted molar refractivity (Wildman–Crippen MR) is 133 cm³/mol. The summed E-state index contributed by atoms with van der Waals surface area (Å²) in [4.78, 5) is 23.3. The van der Waals surface area contributed by atoms with E-state index in [0.717, 1.165) is 64.2 Å². The molecule has 2 aromatic carbocycles. The Morgan fingerprint density at radius 3 is 1.36 bits per heavy atom. The summed E-state index contributed by atoms with van der Waals surface area (Å²) in [7, 11) is 0. The van der Waals surface area contributed by atoms with Crippen LogP contribution in [0.4, 0.5) is 11.4 Å². The molecule has 0 heterocycles. The Morgan fingerprint density at radius 1 is 0.667 bits per heavy atom. The third-order valence-electron chi connectivity index (χ3n) is 7.00. The molecule has 2 saturated carbocycles. The molecular formula is C24H26Cl2N2O4S. The Balaban J connectivity index is 1.94. The number of halogens is 2. The molecule has 0 amide bonds. The molecule has 6 nitrogen and oxygen atoms in total. The van der Waals surface area contributed by atoms with E-state index < -0.39 is 9.49 Å². The van der Waals surface area contributed by atoms with E-state index in [1.165, 1.54) is 12.1 Å². The van der Waals surface area contributed by atoms with Gasteiger partial charge < -0.3 is 0 Å². The van der Waals surface area contributed by atoms with E-state index in [-0.39, 0.29) is 21.2 Å². The zero-order valence-corrected chi connectivity index (χ0v) is 20.6. The van der Waals surface area contributed by atoms with Gasteiger partial charge in [-0.25, -0.2) is 0 Å². The quantitative estimate of drug-likeness (QED) is 0.288. The highest BCUT2D eigenvalue weighted by atomic mass is 35.5. The lowest BCUT2D eigenvalue weighted by molar-refractivity contribution is -0.385. The fourth-order valence-electron chi connectivity index (χ4n) is 5.66. The number of nitro groups is 2. The SMILES string of the molecule is O=[N+]([O-])c1cccc(Cl)c1C1(SC2(c3c(Cl)cccc3[N+](=O)[O-])CCCCC2)CCCCC1. The Hall–Kier alpha value is -1.83. The lowest BCUT2D eigenvalue weighted by atomic mass is 9.81. The molecule has 4 rings (SSSR count). The maximum absolute atomic E-state index is 12.0. The smallest absolute Gasteiger partial charge is 0.258 e. The summed E-state index contributed by atoms with van der Waals surface area (Å²) in [5.74, 6) is 0. The number of benzene rings is 2. The van der Waals surface area contributed by atoms with Gasteiger partial charge in [-0.3, -0.25) is 20.2 Å². The third-order valence-corrected chi connectivity index (χ3v) is 9.64. The number of rotatable bonds is 6. The zero-order chi connectivity index (χ0) is 23.6. The minimum Gasteiger partial charge on any atom is -0.258 e. The molecule has 0 saturated heterocycles. The van der Waals surface area contributed by atoms with Crippen LogP contribution >= 0.6 is 35.0 Å². The van der Waals surface area contributed by atoms with E-state index in [0.29, 0.717) is 21.2 Å². The molecule has 0 aromatic heterocycles. The van der Waals surface area contributed by atoms with Crippen molar-refractivity contribution in [3.63, 3.8) is 0 Å². The van der Waals surface area contributed by atoms with E-state index in [1.54, 1.807) is 36.0 Å². The second-order valence-electron chi connectivity index (χ2n) is 8.99. The van der Waals surface area contributed by atoms with Crippen LogP contribution < -0.4 is 0 Å². The van der Waals surface area contributed by atoms with Gasteiger partial charge in [0, 0.05) is 21.6 Å². The molecule has 0 atom stereocenters. The molecule has 2 aromatic rings. The summed E-state index contributed by atoms with van der Waals surface area (Å²) in [6.07, 6.45) is 8.77. The first kappa shape index (κ1) is 24.3. The summed E-state index contributed by atoms with van der Waals surface area (Å²) in [5.41, 5.74) is 1.16.